The molecule has 3 aromatic carbocycles. The highest BCUT2D eigenvalue weighted by Crippen LogP contribution is 2.38. The second-order valence-electron chi connectivity index (χ2n) is 8.79. The minimum atomic E-state index is -0.0864. The number of benzene rings is 3. The molecule has 0 radical (unpaired) electrons. The first-order chi connectivity index (χ1) is 15.2. The zero-order valence-electron chi connectivity index (χ0n) is 18.2. The average Bonchev–Trinajstić information content (AvgIpc) is 2.74. The fourth-order valence-electron chi connectivity index (χ4n) is 3.50. The maximum absolute atomic E-state index is 11.1. The molecule has 1 aromatic heterocycles. The highest BCUT2D eigenvalue weighted by molar-refractivity contribution is 6.31. The highest BCUT2D eigenvalue weighted by Gasteiger charge is 2.16. The maximum atomic E-state index is 11.1. The van der Waals surface area contributed by atoms with Gasteiger partial charge in [0.15, 0.2) is 0 Å². The van der Waals surface area contributed by atoms with E-state index in [9.17, 15) is 5.11 Å². The van der Waals surface area contributed by atoms with Gasteiger partial charge in [-0.3, -0.25) is 4.98 Å². The number of rotatable bonds is 5. The van der Waals surface area contributed by atoms with Gasteiger partial charge < -0.3 is 15.7 Å². The number of halogens is 2. The summed E-state index contributed by atoms with van der Waals surface area (Å²) in [5.41, 5.74) is 4.93. The van der Waals surface area contributed by atoms with Crippen molar-refractivity contribution in [3.8, 4) is 16.9 Å². The summed E-state index contributed by atoms with van der Waals surface area (Å²) in [6.45, 7) is 6.82. The Bertz CT molecular complexity index is 1260. The Morgan fingerprint density at radius 2 is 1.62 bits per heavy atom. The predicted octanol–water partition coefficient (Wildman–Crippen LogP) is 7.55. The second kappa shape index (κ2) is 8.99. The fourth-order valence-corrected chi connectivity index (χ4v) is 3.79. The molecule has 0 atom stereocenters. The summed E-state index contributed by atoms with van der Waals surface area (Å²) in [5, 5.41) is 20.3. The van der Waals surface area contributed by atoms with Crippen molar-refractivity contribution < 1.29 is 5.11 Å². The molecule has 4 nitrogen and oxygen atoms in total. The van der Waals surface area contributed by atoms with Crippen LogP contribution in [0.3, 0.4) is 0 Å². The van der Waals surface area contributed by atoms with Gasteiger partial charge in [-0.1, -0.05) is 35.3 Å². The van der Waals surface area contributed by atoms with Crippen LogP contribution in [-0.2, 0) is 6.54 Å². The zero-order valence-corrected chi connectivity index (χ0v) is 19.7. The van der Waals surface area contributed by atoms with Crippen LogP contribution in [0.25, 0.3) is 22.0 Å². The molecular formula is C26H25Cl2N3O. The summed E-state index contributed by atoms with van der Waals surface area (Å²) < 4.78 is 0. The van der Waals surface area contributed by atoms with E-state index in [4.69, 9.17) is 23.2 Å². The van der Waals surface area contributed by atoms with Gasteiger partial charge in [-0.15, -0.1) is 0 Å². The third kappa shape index (κ3) is 5.16. The lowest BCUT2D eigenvalue weighted by Gasteiger charge is -2.22. The summed E-state index contributed by atoms with van der Waals surface area (Å²) in [7, 11) is 0. The third-order valence-electron chi connectivity index (χ3n) is 5.14. The van der Waals surface area contributed by atoms with E-state index < -0.39 is 0 Å². The lowest BCUT2D eigenvalue weighted by atomic mass is 9.99. The molecule has 0 amide bonds. The van der Waals surface area contributed by atoms with Crippen molar-refractivity contribution in [2.75, 3.05) is 5.32 Å². The van der Waals surface area contributed by atoms with Crippen molar-refractivity contribution in [2.45, 2.75) is 32.9 Å². The predicted molar refractivity (Wildman–Crippen MR) is 135 cm³/mol. The molecule has 164 valence electrons. The van der Waals surface area contributed by atoms with Gasteiger partial charge in [0.25, 0.3) is 0 Å². The number of nitrogens with zero attached hydrogens (tertiary/aromatic N) is 1. The summed E-state index contributed by atoms with van der Waals surface area (Å²) >= 11 is 12.2. The number of hydrogen-bond acceptors (Lipinski definition) is 4. The third-order valence-corrected chi connectivity index (χ3v) is 5.62. The smallest absolute Gasteiger partial charge is 0.128 e. The molecule has 4 rings (SSSR count). The number of nitrogens with one attached hydrogen (secondary N) is 2. The van der Waals surface area contributed by atoms with Crippen molar-refractivity contribution in [1.29, 1.82) is 0 Å². The van der Waals surface area contributed by atoms with Crippen molar-refractivity contribution in [3.63, 3.8) is 0 Å². The van der Waals surface area contributed by atoms with Gasteiger partial charge >= 0.3 is 0 Å². The van der Waals surface area contributed by atoms with E-state index in [1.807, 2.05) is 60.7 Å². The van der Waals surface area contributed by atoms with Crippen LogP contribution in [0.15, 0.2) is 66.9 Å². The van der Waals surface area contributed by atoms with Crippen molar-refractivity contribution in [3.05, 3.63) is 82.5 Å². The number of pyridine rings is 1. The zero-order chi connectivity index (χ0) is 22.9. The van der Waals surface area contributed by atoms with Crippen LogP contribution in [0, 0.1) is 0 Å². The Morgan fingerprint density at radius 1 is 0.906 bits per heavy atom. The van der Waals surface area contributed by atoms with Crippen LogP contribution in [0.4, 0.5) is 11.4 Å². The SMILES string of the molecule is CC(C)(C)NCc1cc(Nc2ccnc3cc(Cl)ccc23)cc(-c2ccc(Cl)cc2)c1O. The van der Waals surface area contributed by atoms with Crippen LogP contribution in [0.5, 0.6) is 5.75 Å². The molecule has 0 saturated heterocycles. The lowest BCUT2D eigenvalue weighted by molar-refractivity contribution is 0.412. The molecule has 4 aromatic rings. The van der Waals surface area contributed by atoms with Crippen LogP contribution in [-0.4, -0.2) is 15.6 Å². The van der Waals surface area contributed by atoms with Gasteiger partial charge in [0.1, 0.15) is 5.75 Å². The number of aromatic hydroxyl groups is 1. The van der Waals surface area contributed by atoms with E-state index in [2.05, 4.69) is 36.4 Å². The van der Waals surface area contributed by atoms with Crippen LogP contribution >= 0.6 is 23.2 Å². The molecular weight excluding hydrogens is 441 g/mol. The van der Waals surface area contributed by atoms with Gasteiger partial charge in [0.2, 0.25) is 0 Å². The van der Waals surface area contributed by atoms with E-state index in [1.54, 1.807) is 6.20 Å². The molecule has 3 N–H and O–H groups in total. The van der Waals surface area contributed by atoms with Gasteiger partial charge in [-0.05, 0) is 74.9 Å². The standard InChI is InChI=1S/C26H25Cl2N3O/c1-26(2,3)30-15-17-12-20(14-22(25(17)32)16-4-6-18(27)7-5-16)31-23-10-11-29-24-13-19(28)8-9-21(23)24/h4-14,30,32H,15H2,1-3H3,(H,29,31). The quantitative estimate of drug-likeness (QED) is 0.266. The van der Waals surface area contributed by atoms with E-state index >= 15 is 0 Å². The molecule has 0 fully saturated rings. The normalized spacial score (nSPS) is 11.7. The molecule has 0 aliphatic heterocycles. The molecule has 0 saturated carbocycles. The minimum absolute atomic E-state index is 0.0864. The number of phenols is 1. The molecule has 0 aliphatic rings. The number of hydrogen-bond donors (Lipinski definition) is 3. The van der Waals surface area contributed by atoms with Gasteiger partial charge in [0, 0.05) is 56.2 Å². The number of anilines is 2. The Hall–Kier alpha value is -2.79. The Balaban J connectivity index is 1.79. The van der Waals surface area contributed by atoms with Crippen molar-refractivity contribution >= 4 is 45.5 Å². The maximum Gasteiger partial charge on any atom is 0.128 e. The van der Waals surface area contributed by atoms with E-state index in [-0.39, 0.29) is 11.3 Å². The van der Waals surface area contributed by atoms with Crippen molar-refractivity contribution in [2.24, 2.45) is 0 Å². The van der Waals surface area contributed by atoms with E-state index in [0.29, 0.717) is 16.6 Å². The van der Waals surface area contributed by atoms with Gasteiger partial charge in [-0.2, -0.15) is 0 Å². The lowest BCUT2D eigenvalue weighted by Crippen LogP contribution is -2.35. The van der Waals surface area contributed by atoms with E-state index in [0.717, 1.165) is 39.0 Å². The van der Waals surface area contributed by atoms with E-state index in [1.165, 1.54) is 0 Å². The molecule has 0 bridgehead atoms. The Labute approximate surface area is 198 Å². The summed E-state index contributed by atoms with van der Waals surface area (Å²) in [6.07, 6.45) is 1.75. The summed E-state index contributed by atoms with van der Waals surface area (Å²) in [6, 6.07) is 19.0. The van der Waals surface area contributed by atoms with Crippen molar-refractivity contribution in [1.82, 2.24) is 10.3 Å². The molecule has 0 spiro atoms. The monoisotopic (exact) mass is 465 g/mol. The molecule has 0 aliphatic carbocycles. The van der Waals surface area contributed by atoms with Gasteiger partial charge in [-0.25, -0.2) is 0 Å². The Morgan fingerprint density at radius 3 is 2.34 bits per heavy atom. The molecule has 32 heavy (non-hydrogen) atoms. The average molecular weight is 466 g/mol. The first-order valence-corrected chi connectivity index (χ1v) is 11.1. The minimum Gasteiger partial charge on any atom is -0.507 e. The Kier molecular flexibility index (Phi) is 6.29. The molecule has 1 heterocycles. The first-order valence-electron chi connectivity index (χ1n) is 10.4. The number of aromatic nitrogens is 1. The molecule has 6 heteroatoms. The van der Waals surface area contributed by atoms with Crippen LogP contribution < -0.4 is 10.6 Å². The van der Waals surface area contributed by atoms with Gasteiger partial charge in [0.05, 0.1) is 5.52 Å². The largest absolute Gasteiger partial charge is 0.507 e. The summed E-state index contributed by atoms with van der Waals surface area (Å²) in [4.78, 5) is 4.42. The second-order valence-corrected chi connectivity index (χ2v) is 9.66. The van der Waals surface area contributed by atoms with Crippen LogP contribution in [0.2, 0.25) is 10.0 Å². The summed E-state index contributed by atoms with van der Waals surface area (Å²) in [5.74, 6) is 0.251. The number of phenolic OH excluding ortho intramolecular Hbond substituents is 1. The first kappa shape index (κ1) is 22.4. The molecule has 0 unspecified atom stereocenters. The highest BCUT2D eigenvalue weighted by atomic mass is 35.5. The number of fused-ring (bicyclic) bond motifs is 1. The topological polar surface area (TPSA) is 57.2 Å². The fraction of sp³-hybridized carbons (Fsp3) is 0.192. The van der Waals surface area contributed by atoms with Crippen LogP contribution in [0.1, 0.15) is 26.3 Å².